The molecule has 3 aromatic rings. The second-order valence-electron chi connectivity index (χ2n) is 6.25. The highest BCUT2D eigenvalue weighted by molar-refractivity contribution is 7.87. The van der Waals surface area contributed by atoms with E-state index in [0.29, 0.717) is 11.3 Å². The van der Waals surface area contributed by atoms with Gasteiger partial charge < -0.3 is 14.2 Å². The number of rotatable bonds is 7. The van der Waals surface area contributed by atoms with Gasteiger partial charge in [0.25, 0.3) is 5.91 Å². The first-order chi connectivity index (χ1) is 14.9. The van der Waals surface area contributed by atoms with Crippen LogP contribution >= 0.6 is 0 Å². The van der Waals surface area contributed by atoms with Crippen LogP contribution in [0.25, 0.3) is 6.08 Å². The van der Waals surface area contributed by atoms with Gasteiger partial charge in [-0.2, -0.15) is 13.7 Å². The largest absolute Gasteiger partial charge is 0.493 e. The maximum Gasteiger partial charge on any atom is 0.339 e. The Bertz CT molecular complexity index is 1250. The van der Waals surface area contributed by atoms with Crippen molar-refractivity contribution in [2.75, 3.05) is 12.4 Å². The number of carbonyl (C=O) groups excluding carboxylic acids is 1. The molecular weight excluding hydrogens is 416 g/mol. The smallest absolute Gasteiger partial charge is 0.339 e. The van der Waals surface area contributed by atoms with Crippen LogP contribution in [0.2, 0.25) is 0 Å². The third-order valence-corrected chi connectivity index (χ3v) is 5.38. The van der Waals surface area contributed by atoms with Crippen LogP contribution in [0, 0.1) is 11.3 Å². The summed E-state index contributed by atoms with van der Waals surface area (Å²) in [5, 5.41) is 12.0. The average molecular weight is 434 g/mol. The number of benzene rings is 3. The Kier molecular flexibility index (Phi) is 6.70. The molecule has 0 aliphatic heterocycles. The molecule has 0 aliphatic rings. The maximum atomic E-state index is 12.5. The molecular formula is C23H18N2O5S. The maximum absolute atomic E-state index is 12.5. The summed E-state index contributed by atoms with van der Waals surface area (Å²) in [6, 6.07) is 22.7. The Morgan fingerprint density at radius 2 is 1.61 bits per heavy atom. The fraction of sp³-hybridized carbons (Fsp3) is 0.0435. The topological polar surface area (TPSA) is 105 Å². The van der Waals surface area contributed by atoms with Crippen LogP contribution in [0.4, 0.5) is 5.69 Å². The van der Waals surface area contributed by atoms with Crippen molar-refractivity contribution < 1.29 is 22.1 Å². The second kappa shape index (κ2) is 9.61. The van der Waals surface area contributed by atoms with Crippen molar-refractivity contribution in [1.29, 1.82) is 5.26 Å². The molecule has 8 heteroatoms. The Balaban J connectivity index is 1.85. The van der Waals surface area contributed by atoms with Crippen molar-refractivity contribution >= 4 is 27.8 Å². The van der Waals surface area contributed by atoms with Gasteiger partial charge in [-0.25, -0.2) is 0 Å². The zero-order valence-corrected chi connectivity index (χ0v) is 17.3. The Morgan fingerprint density at radius 3 is 2.23 bits per heavy atom. The van der Waals surface area contributed by atoms with Crippen molar-refractivity contribution in [2.24, 2.45) is 0 Å². The van der Waals surface area contributed by atoms with Gasteiger partial charge >= 0.3 is 10.1 Å². The van der Waals surface area contributed by atoms with Crippen molar-refractivity contribution in [2.45, 2.75) is 4.90 Å². The van der Waals surface area contributed by atoms with Gasteiger partial charge in [-0.15, -0.1) is 0 Å². The van der Waals surface area contributed by atoms with E-state index in [1.807, 2.05) is 12.1 Å². The molecule has 3 aromatic carbocycles. The Morgan fingerprint density at radius 1 is 0.968 bits per heavy atom. The monoisotopic (exact) mass is 434 g/mol. The van der Waals surface area contributed by atoms with Crippen molar-refractivity contribution in [3.8, 4) is 17.6 Å². The Hall–Kier alpha value is -4.09. The molecule has 0 atom stereocenters. The molecule has 0 saturated heterocycles. The number of nitrogens with zero attached hydrogens (tertiary/aromatic N) is 1. The minimum Gasteiger partial charge on any atom is -0.493 e. The first-order valence-corrected chi connectivity index (χ1v) is 10.5. The van der Waals surface area contributed by atoms with Crippen molar-refractivity contribution in [1.82, 2.24) is 0 Å². The summed E-state index contributed by atoms with van der Waals surface area (Å²) in [5.41, 5.74) is 0.888. The summed E-state index contributed by atoms with van der Waals surface area (Å²) in [4.78, 5) is 12.4. The Labute approximate surface area is 180 Å². The molecule has 0 fully saturated rings. The zero-order chi connectivity index (χ0) is 22.3. The average Bonchev–Trinajstić information content (AvgIpc) is 2.79. The summed E-state index contributed by atoms with van der Waals surface area (Å²) in [5.74, 6) is -0.454. The molecule has 0 radical (unpaired) electrons. The van der Waals surface area contributed by atoms with Gasteiger partial charge in [0.1, 0.15) is 16.5 Å². The quantitative estimate of drug-likeness (QED) is 0.342. The van der Waals surface area contributed by atoms with Crippen LogP contribution in [-0.4, -0.2) is 21.4 Å². The number of amides is 1. The molecule has 0 aliphatic carbocycles. The van der Waals surface area contributed by atoms with E-state index in [0.717, 1.165) is 0 Å². The van der Waals surface area contributed by atoms with Gasteiger partial charge in [-0.05, 0) is 48.0 Å². The molecule has 0 bridgehead atoms. The van der Waals surface area contributed by atoms with Gasteiger partial charge in [0.2, 0.25) is 0 Å². The van der Waals surface area contributed by atoms with Crippen molar-refractivity contribution in [3.05, 3.63) is 90.0 Å². The highest BCUT2D eigenvalue weighted by Gasteiger charge is 2.19. The number of nitriles is 1. The molecule has 0 heterocycles. The highest BCUT2D eigenvalue weighted by atomic mass is 32.2. The van der Waals surface area contributed by atoms with Crippen LogP contribution in [-0.2, 0) is 14.9 Å². The fourth-order valence-corrected chi connectivity index (χ4v) is 3.59. The minimum atomic E-state index is -4.05. The van der Waals surface area contributed by atoms with Gasteiger partial charge in [0.05, 0.1) is 7.11 Å². The van der Waals surface area contributed by atoms with Gasteiger partial charge in [0, 0.05) is 5.69 Å². The van der Waals surface area contributed by atoms with E-state index in [9.17, 15) is 18.5 Å². The van der Waals surface area contributed by atoms with E-state index in [4.69, 9.17) is 8.92 Å². The zero-order valence-electron chi connectivity index (χ0n) is 16.5. The first-order valence-electron chi connectivity index (χ1n) is 9.09. The SMILES string of the molecule is COc1cc(/C=C(\C#N)C(=O)Nc2ccccc2)ccc1OS(=O)(=O)c1ccccc1. The lowest BCUT2D eigenvalue weighted by atomic mass is 10.1. The predicted octanol–water partition coefficient (Wildman–Crippen LogP) is 4.01. The number of hydrogen-bond acceptors (Lipinski definition) is 6. The summed E-state index contributed by atoms with van der Waals surface area (Å²) in [7, 11) is -2.69. The summed E-state index contributed by atoms with van der Waals surface area (Å²) in [6.07, 6.45) is 1.37. The summed E-state index contributed by atoms with van der Waals surface area (Å²) in [6.45, 7) is 0. The molecule has 1 N–H and O–H groups in total. The lowest BCUT2D eigenvalue weighted by Gasteiger charge is -2.11. The fourth-order valence-electron chi connectivity index (χ4n) is 2.63. The lowest BCUT2D eigenvalue weighted by Crippen LogP contribution is -2.13. The van der Waals surface area contributed by atoms with Gasteiger partial charge in [0.15, 0.2) is 11.5 Å². The van der Waals surface area contributed by atoms with E-state index >= 15 is 0 Å². The van der Waals surface area contributed by atoms with Gasteiger partial charge in [-0.3, -0.25) is 4.79 Å². The van der Waals surface area contributed by atoms with E-state index in [1.54, 1.807) is 42.5 Å². The molecule has 0 spiro atoms. The minimum absolute atomic E-state index is 0.00498. The number of carbonyl (C=O) groups is 1. The molecule has 0 saturated carbocycles. The van der Waals surface area contributed by atoms with Crippen LogP contribution in [0.15, 0.2) is 89.3 Å². The van der Waals surface area contributed by atoms with E-state index in [-0.39, 0.29) is 22.0 Å². The molecule has 31 heavy (non-hydrogen) atoms. The normalized spacial score (nSPS) is 11.3. The summed E-state index contributed by atoms with van der Waals surface area (Å²) < 4.78 is 35.4. The molecule has 0 unspecified atom stereocenters. The summed E-state index contributed by atoms with van der Waals surface area (Å²) >= 11 is 0. The van der Waals surface area contributed by atoms with Crippen molar-refractivity contribution in [3.63, 3.8) is 0 Å². The number of ether oxygens (including phenoxy) is 1. The van der Waals surface area contributed by atoms with Crippen LogP contribution in [0.3, 0.4) is 0 Å². The number of hydrogen-bond donors (Lipinski definition) is 1. The second-order valence-corrected chi connectivity index (χ2v) is 7.80. The third kappa shape index (κ3) is 5.50. The molecule has 7 nitrogen and oxygen atoms in total. The number of methoxy groups -OCH3 is 1. The van der Waals surface area contributed by atoms with E-state index in [1.165, 1.54) is 43.5 Å². The number of para-hydroxylation sites is 1. The molecule has 3 rings (SSSR count). The number of nitrogens with one attached hydrogen (secondary N) is 1. The van der Waals surface area contributed by atoms with Crippen LogP contribution in [0.1, 0.15) is 5.56 Å². The first kappa shape index (κ1) is 21.6. The standard InChI is InChI=1S/C23H18N2O5S/c1-29-22-15-17(14-18(16-24)23(26)25-19-8-4-2-5-9-19)12-13-21(22)30-31(27,28)20-10-6-3-7-11-20/h2-15H,1H3,(H,25,26)/b18-14+. The van der Waals surface area contributed by atoms with Crippen LogP contribution < -0.4 is 14.2 Å². The number of anilines is 1. The molecule has 156 valence electrons. The van der Waals surface area contributed by atoms with E-state index in [2.05, 4.69) is 5.32 Å². The molecule has 0 aromatic heterocycles. The predicted molar refractivity (Wildman–Crippen MR) is 116 cm³/mol. The van der Waals surface area contributed by atoms with Crippen LogP contribution in [0.5, 0.6) is 11.5 Å². The van der Waals surface area contributed by atoms with E-state index < -0.39 is 16.0 Å². The third-order valence-electron chi connectivity index (χ3n) is 4.13. The molecule has 1 amide bonds. The highest BCUT2D eigenvalue weighted by Crippen LogP contribution is 2.31. The van der Waals surface area contributed by atoms with Gasteiger partial charge in [-0.1, -0.05) is 42.5 Å². The lowest BCUT2D eigenvalue weighted by molar-refractivity contribution is -0.112.